The number of likely N-dealkylation sites (tertiary alicyclic amines) is 1. The van der Waals surface area contributed by atoms with Gasteiger partial charge in [-0.25, -0.2) is 0 Å². The number of hydrogen-bond acceptors (Lipinski definition) is 2. The smallest absolute Gasteiger partial charge is 0.0357 e. The van der Waals surface area contributed by atoms with E-state index in [0.29, 0.717) is 0 Å². The highest BCUT2D eigenvalue weighted by atomic mass is 79.9. The van der Waals surface area contributed by atoms with E-state index in [0.717, 1.165) is 6.54 Å². The van der Waals surface area contributed by atoms with Crippen LogP contribution in [0.4, 0.5) is 0 Å². The molecular formula is C13H14BrNS. The van der Waals surface area contributed by atoms with Crippen LogP contribution in [0.5, 0.6) is 0 Å². The molecule has 16 heavy (non-hydrogen) atoms. The van der Waals surface area contributed by atoms with E-state index < -0.39 is 0 Å². The van der Waals surface area contributed by atoms with E-state index in [1.54, 1.807) is 0 Å². The predicted octanol–water partition coefficient (Wildman–Crippen LogP) is 4.26. The molecule has 0 N–H and O–H groups in total. The van der Waals surface area contributed by atoms with Crippen LogP contribution in [0, 0.1) is 0 Å². The number of benzene rings is 1. The SMILES string of the molecule is Brc1ccc2c(CN3CCCC3)csc2c1. The van der Waals surface area contributed by atoms with Gasteiger partial charge in [-0.1, -0.05) is 22.0 Å². The summed E-state index contributed by atoms with van der Waals surface area (Å²) < 4.78 is 2.57. The minimum atomic E-state index is 1.13. The summed E-state index contributed by atoms with van der Waals surface area (Å²) in [5.41, 5.74) is 1.49. The zero-order chi connectivity index (χ0) is 11.0. The third kappa shape index (κ3) is 2.04. The first-order valence-corrected chi connectivity index (χ1v) is 7.38. The summed E-state index contributed by atoms with van der Waals surface area (Å²) in [6.07, 6.45) is 2.74. The molecule has 3 rings (SSSR count). The summed E-state index contributed by atoms with van der Waals surface area (Å²) in [6, 6.07) is 6.59. The second kappa shape index (κ2) is 4.47. The Balaban J connectivity index is 1.91. The standard InChI is InChI=1S/C13H14BrNS/c14-11-3-4-12-10(9-16-13(12)7-11)8-15-5-1-2-6-15/h3-4,7,9H,1-2,5-6,8H2. The summed E-state index contributed by atoms with van der Waals surface area (Å²) in [4.78, 5) is 2.56. The Bertz CT molecular complexity index is 500. The van der Waals surface area contributed by atoms with Crippen LogP contribution < -0.4 is 0 Å². The number of fused-ring (bicyclic) bond motifs is 1. The maximum absolute atomic E-state index is 3.53. The number of hydrogen-bond donors (Lipinski definition) is 0. The lowest BCUT2D eigenvalue weighted by Gasteiger charge is -2.13. The van der Waals surface area contributed by atoms with E-state index in [1.165, 1.54) is 46.1 Å². The number of rotatable bonds is 2. The van der Waals surface area contributed by atoms with E-state index in [-0.39, 0.29) is 0 Å². The van der Waals surface area contributed by atoms with Crippen LogP contribution in [-0.4, -0.2) is 18.0 Å². The molecule has 2 aromatic rings. The molecule has 3 heteroatoms. The highest BCUT2D eigenvalue weighted by Gasteiger charge is 2.13. The first-order chi connectivity index (χ1) is 7.83. The molecule has 0 spiro atoms. The van der Waals surface area contributed by atoms with Gasteiger partial charge in [0.1, 0.15) is 0 Å². The monoisotopic (exact) mass is 295 g/mol. The fraction of sp³-hybridized carbons (Fsp3) is 0.385. The normalized spacial score (nSPS) is 17.3. The average molecular weight is 296 g/mol. The Morgan fingerprint density at radius 2 is 2.06 bits per heavy atom. The molecule has 84 valence electrons. The Morgan fingerprint density at radius 1 is 1.25 bits per heavy atom. The Morgan fingerprint density at radius 3 is 2.88 bits per heavy atom. The lowest BCUT2D eigenvalue weighted by Crippen LogP contribution is -2.17. The zero-order valence-electron chi connectivity index (χ0n) is 9.08. The molecule has 1 aromatic carbocycles. The van der Waals surface area contributed by atoms with Crippen molar-refractivity contribution in [2.75, 3.05) is 13.1 Å². The Labute approximate surface area is 108 Å². The molecule has 0 aliphatic carbocycles. The topological polar surface area (TPSA) is 3.24 Å². The van der Waals surface area contributed by atoms with Crippen LogP contribution in [0.2, 0.25) is 0 Å². The third-order valence-corrected chi connectivity index (χ3v) is 4.70. The minimum absolute atomic E-state index is 1.13. The first kappa shape index (κ1) is 10.8. The van der Waals surface area contributed by atoms with E-state index in [9.17, 15) is 0 Å². The minimum Gasteiger partial charge on any atom is -0.299 e. The molecule has 2 heterocycles. The second-order valence-corrected chi connectivity index (χ2v) is 6.21. The lowest BCUT2D eigenvalue weighted by atomic mass is 10.2. The van der Waals surface area contributed by atoms with Crippen LogP contribution in [0.25, 0.3) is 10.1 Å². The average Bonchev–Trinajstić information content (AvgIpc) is 2.89. The highest BCUT2D eigenvalue weighted by molar-refractivity contribution is 9.10. The van der Waals surface area contributed by atoms with E-state index in [4.69, 9.17) is 0 Å². The summed E-state index contributed by atoms with van der Waals surface area (Å²) in [5, 5.41) is 3.75. The Kier molecular flexibility index (Phi) is 3.01. The van der Waals surface area contributed by atoms with Gasteiger partial charge in [-0.3, -0.25) is 4.90 Å². The van der Waals surface area contributed by atoms with Crippen molar-refractivity contribution < 1.29 is 0 Å². The van der Waals surface area contributed by atoms with Crippen LogP contribution in [0.15, 0.2) is 28.1 Å². The van der Waals surface area contributed by atoms with Gasteiger partial charge in [-0.15, -0.1) is 11.3 Å². The molecule has 1 nitrogen and oxygen atoms in total. The molecule has 1 aromatic heterocycles. The number of nitrogens with zero attached hydrogens (tertiary/aromatic N) is 1. The van der Waals surface area contributed by atoms with Crippen molar-refractivity contribution in [2.24, 2.45) is 0 Å². The molecule has 1 aliphatic heterocycles. The third-order valence-electron chi connectivity index (χ3n) is 3.21. The predicted molar refractivity (Wildman–Crippen MR) is 74.0 cm³/mol. The van der Waals surface area contributed by atoms with Crippen molar-refractivity contribution in [3.63, 3.8) is 0 Å². The van der Waals surface area contributed by atoms with Crippen molar-refractivity contribution in [2.45, 2.75) is 19.4 Å². The number of thiophene rings is 1. The molecule has 0 unspecified atom stereocenters. The first-order valence-electron chi connectivity index (χ1n) is 5.71. The van der Waals surface area contributed by atoms with Gasteiger partial charge in [0.05, 0.1) is 0 Å². The molecule has 0 atom stereocenters. The van der Waals surface area contributed by atoms with Crippen LogP contribution in [0.3, 0.4) is 0 Å². The Hall–Kier alpha value is -0.380. The van der Waals surface area contributed by atoms with Crippen LogP contribution in [-0.2, 0) is 6.54 Å². The van der Waals surface area contributed by atoms with Gasteiger partial charge in [0.25, 0.3) is 0 Å². The van der Waals surface area contributed by atoms with Gasteiger partial charge in [0.15, 0.2) is 0 Å². The second-order valence-electron chi connectivity index (χ2n) is 4.38. The molecule has 0 amide bonds. The van der Waals surface area contributed by atoms with E-state index >= 15 is 0 Å². The van der Waals surface area contributed by atoms with Crippen molar-refractivity contribution in [1.82, 2.24) is 4.90 Å². The maximum atomic E-state index is 3.53. The fourth-order valence-corrected chi connectivity index (χ4v) is 3.87. The van der Waals surface area contributed by atoms with Gasteiger partial charge in [0.2, 0.25) is 0 Å². The van der Waals surface area contributed by atoms with Gasteiger partial charge in [0, 0.05) is 15.7 Å². The van der Waals surface area contributed by atoms with Gasteiger partial charge >= 0.3 is 0 Å². The van der Waals surface area contributed by atoms with Crippen molar-refractivity contribution in [3.05, 3.63) is 33.6 Å². The molecule has 1 saturated heterocycles. The lowest BCUT2D eigenvalue weighted by molar-refractivity contribution is 0.333. The summed E-state index contributed by atoms with van der Waals surface area (Å²) in [6.45, 7) is 3.67. The van der Waals surface area contributed by atoms with E-state index in [1.807, 2.05) is 11.3 Å². The summed E-state index contributed by atoms with van der Waals surface area (Å²) >= 11 is 5.38. The molecule has 0 radical (unpaired) electrons. The zero-order valence-corrected chi connectivity index (χ0v) is 11.5. The highest BCUT2D eigenvalue weighted by Crippen LogP contribution is 2.30. The largest absolute Gasteiger partial charge is 0.299 e. The van der Waals surface area contributed by atoms with Crippen molar-refractivity contribution in [1.29, 1.82) is 0 Å². The van der Waals surface area contributed by atoms with E-state index in [2.05, 4.69) is 44.4 Å². The molecular weight excluding hydrogens is 282 g/mol. The maximum Gasteiger partial charge on any atom is 0.0357 e. The van der Waals surface area contributed by atoms with Crippen LogP contribution in [0.1, 0.15) is 18.4 Å². The molecule has 0 bridgehead atoms. The van der Waals surface area contributed by atoms with Gasteiger partial charge in [-0.2, -0.15) is 0 Å². The summed E-state index contributed by atoms with van der Waals surface area (Å²) in [5.74, 6) is 0. The summed E-state index contributed by atoms with van der Waals surface area (Å²) in [7, 11) is 0. The molecule has 0 saturated carbocycles. The van der Waals surface area contributed by atoms with Crippen molar-refractivity contribution in [3.8, 4) is 0 Å². The molecule has 1 fully saturated rings. The fourth-order valence-electron chi connectivity index (χ4n) is 2.36. The van der Waals surface area contributed by atoms with Crippen LogP contribution >= 0.6 is 27.3 Å². The molecule has 1 aliphatic rings. The quantitative estimate of drug-likeness (QED) is 0.800. The number of halogens is 1. The van der Waals surface area contributed by atoms with Gasteiger partial charge < -0.3 is 0 Å². The van der Waals surface area contributed by atoms with Crippen molar-refractivity contribution >= 4 is 37.4 Å². The van der Waals surface area contributed by atoms with Gasteiger partial charge in [-0.05, 0) is 54.4 Å².